The minimum absolute atomic E-state index is 0.408. The third-order valence-corrected chi connectivity index (χ3v) is 7.49. The predicted molar refractivity (Wildman–Crippen MR) is 115 cm³/mol. The standard InChI is InChI=1S/C19H30BClN2O3Si/c1-18(2)19(3,4)26-20(25-18)14-12-23(13-24-10-11-27(5,6)7)17-16(14)15(21)8-9-22-17/h8-9,12H,10-11,13H2,1-7H3. The SMILES string of the molecule is CC1(C)OB(c2cn(COCC[Si](C)(C)C)c3nccc(Cl)c23)OC1(C)C. The molecule has 0 bridgehead atoms. The number of nitrogens with zero attached hydrogens (tertiary/aromatic N) is 2. The Labute approximate surface area is 168 Å². The van der Waals surface area contributed by atoms with Gasteiger partial charge in [-0.3, -0.25) is 0 Å². The van der Waals surface area contributed by atoms with Crippen molar-refractivity contribution < 1.29 is 14.0 Å². The van der Waals surface area contributed by atoms with Gasteiger partial charge in [0.25, 0.3) is 0 Å². The lowest BCUT2D eigenvalue weighted by Gasteiger charge is -2.32. The van der Waals surface area contributed by atoms with Gasteiger partial charge in [-0.2, -0.15) is 0 Å². The smallest absolute Gasteiger partial charge is 0.399 e. The van der Waals surface area contributed by atoms with Crippen LogP contribution in [0.1, 0.15) is 27.7 Å². The molecule has 27 heavy (non-hydrogen) atoms. The predicted octanol–water partition coefficient (Wildman–Crippen LogP) is 4.30. The Hall–Kier alpha value is -0.858. The van der Waals surface area contributed by atoms with E-state index >= 15 is 0 Å². The van der Waals surface area contributed by atoms with E-state index in [1.54, 1.807) is 12.3 Å². The minimum Gasteiger partial charge on any atom is -0.399 e. The monoisotopic (exact) mass is 408 g/mol. The molecular weight excluding hydrogens is 379 g/mol. The molecule has 0 unspecified atom stereocenters. The number of fused-ring (bicyclic) bond motifs is 1. The van der Waals surface area contributed by atoms with Gasteiger partial charge in [0.15, 0.2) is 0 Å². The molecule has 0 amide bonds. The molecule has 0 spiro atoms. The molecule has 5 nitrogen and oxygen atoms in total. The lowest BCUT2D eigenvalue weighted by atomic mass is 9.79. The summed E-state index contributed by atoms with van der Waals surface area (Å²) >= 11 is 6.52. The van der Waals surface area contributed by atoms with E-state index in [2.05, 4.69) is 24.6 Å². The molecule has 0 aliphatic carbocycles. The number of ether oxygens (including phenoxy) is 1. The first-order valence-corrected chi connectivity index (χ1v) is 13.6. The molecule has 0 saturated carbocycles. The summed E-state index contributed by atoms with van der Waals surface area (Å²) in [6.45, 7) is 16.4. The number of hydrogen-bond donors (Lipinski definition) is 0. The fourth-order valence-electron chi connectivity index (χ4n) is 2.99. The Morgan fingerprint density at radius 3 is 2.41 bits per heavy atom. The molecule has 0 atom stereocenters. The minimum atomic E-state index is -1.12. The summed E-state index contributed by atoms with van der Waals surface area (Å²) in [6.07, 6.45) is 3.72. The highest BCUT2D eigenvalue weighted by atomic mass is 35.5. The molecule has 2 aromatic rings. The quantitative estimate of drug-likeness (QED) is 0.528. The second-order valence-electron chi connectivity index (χ2n) is 9.48. The highest BCUT2D eigenvalue weighted by molar-refractivity contribution is 6.76. The van der Waals surface area contributed by atoms with E-state index in [-0.39, 0.29) is 0 Å². The number of halogens is 1. The highest BCUT2D eigenvalue weighted by Gasteiger charge is 2.52. The van der Waals surface area contributed by atoms with E-state index in [0.29, 0.717) is 11.8 Å². The average Bonchev–Trinajstić information content (AvgIpc) is 2.99. The van der Waals surface area contributed by atoms with Crippen molar-refractivity contribution in [2.75, 3.05) is 6.61 Å². The lowest BCUT2D eigenvalue weighted by molar-refractivity contribution is 0.00578. The summed E-state index contributed by atoms with van der Waals surface area (Å²) in [6, 6.07) is 2.93. The van der Waals surface area contributed by atoms with Crippen LogP contribution in [0.3, 0.4) is 0 Å². The summed E-state index contributed by atoms with van der Waals surface area (Å²) in [5.41, 5.74) is 0.874. The van der Waals surface area contributed by atoms with Crippen molar-refractivity contribution >= 4 is 43.3 Å². The molecule has 0 radical (unpaired) electrons. The lowest BCUT2D eigenvalue weighted by Crippen LogP contribution is -2.41. The van der Waals surface area contributed by atoms with E-state index in [0.717, 1.165) is 29.1 Å². The third-order valence-electron chi connectivity index (χ3n) is 5.47. The average molecular weight is 409 g/mol. The molecule has 8 heteroatoms. The van der Waals surface area contributed by atoms with Gasteiger partial charge in [-0.25, -0.2) is 4.98 Å². The van der Waals surface area contributed by atoms with Crippen molar-refractivity contribution in [2.45, 2.75) is 71.3 Å². The van der Waals surface area contributed by atoms with Crippen LogP contribution in [0.15, 0.2) is 18.5 Å². The molecule has 148 valence electrons. The Morgan fingerprint density at radius 1 is 1.19 bits per heavy atom. The number of pyridine rings is 1. The van der Waals surface area contributed by atoms with Crippen molar-refractivity contribution in [3.8, 4) is 0 Å². The fourth-order valence-corrected chi connectivity index (χ4v) is 4.00. The van der Waals surface area contributed by atoms with Gasteiger partial charge in [-0.15, -0.1) is 0 Å². The molecule has 1 fully saturated rings. The molecular formula is C19H30BClN2O3Si. The first-order valence-electron chi connectivity index (χ1n) is 9.48. The van der Waals surface area contributed by atoms with Crippen molar-refractivity contribution in [1.82, 2.24) is 9.55 Å². The molecule has 3 heterocycles. The van der Waals surface area contributed by atoms with Gasteiger partial charge in [-0.05, 0) is 39.8 Å². The molecule has 2 aromatic heterocycles. The molecule has 3 rings (SSSR count). The van der Waals surface area contributed by atoms with Crippen molar-refractivity contribution in [3.05, 3.63) is 23.5 Å². The van der Waals surface area contributed by atoms with Gasteiger partial charge in [0.2, 0.25) is 0 Å². The van der Waals surface area contributed by atoms with Gasteiger partial charge >= 0.3 is 7.12 Å². The summed E-state index contributed by atoms with van der Waals surface area (Å²) < 4.78 is 20.4. The van der Waals surface area contributed by atoms with Gasteiger partial charge in [-0.1, -0.05) is 31.2 Å². The normalized spacial score (nSPS) is 19.2. The van der Waals surface area contributed by atoms with Crippen molar-refractivity contribution in [2.24, 2.45) is 0 Å². The maximum Gasteiger partial charge on any atom is 0.497 e. The molecule has 1 saturated heterocycles. The number of rotatable bonds is 6. The Morgan fingerprint density at radius 2 is 1.81 bits per heavy atom. The zero-order valence-corrected chi connectivity index (χ0v) is 19.2. The van der Waals surface area contributed by atoms with E-state index in [1.165, 1.54) is 0 Å². The maximum atomic E-state index is 6.52. The Kier molecular flexibility index (Phi) is 5.56. The van der Waals surface area contributed by atoms with Crippen LogP contribution in [0.5, 0.6) is 0 Å². The van der Waals surface area contributed by atoms with E-state index in [1.807, 2.05) is 38.5 Å². The molecule has 1 aliphatic heterocycles. The summed E-state index contributed by atoms with van der Waals surface area (Å²) in [5.74, 6) is 0. The van der Waals surface area contributed by atoms with E-state index < -0.39 is 26.4 Å². The topological polar surface area (TPSA) is 45.5 Å². The highest BCUT2D eigenvalue weighted by Crippen LogP contribution is 2.37. The molecule has 0 N–H and O–H groups in total. The van der Waals surface area contributed by atoms with Crippen LogP contribution in [0.4, 0.5) is 0 Å². The molecule has 1 aliphatic rings. The summed E-state index contributed by atoms with van der Waals surface area (Å²) in [7, 11) is -1.60. The van der Waals surface area contributed by atoms with Crippen molar-refractivity contribution in [1.29, 1.82) is 0 Å². The van der Waals surface area contributed by atoms with Gasteiger partial charge < -0.3 is 18.6 Å². The summed E-state index contributed by atoms with van der Waals surface area (Å²) in [4.78, 5) is 4.53. The van der Waals surface area contributed by atoms with Crippen LogP contribution >= 0.6 is 11.6 Å². The van der Waals surface area contributed by atoms with Gasteiger partial charge in [0, 0.05) is 37.9 Å². The number of hydrogen-bond acceptors (Lipinski definition) is 4. The van der Waals surface area contributed by atoms with Gasteiger partial charge in [0.05, 0.1) is 16.2 Å². The third kappa shape index (κ3) is 4.27. The zero-order chi connectivity index (χ0) is 20.0. The first-order chi connectivity index (χ1) is 12.4. The van der Waals surface area contributed by atoms with Crippen LogP contribution in [0, 0.1) is 0 Å². The second-order valence-corrected chi connectivity index (χ2v) is 15.5. The molecule has 0 aromatic carbocycles. The maximum absolute atomic E-state index is 6.52. The largest absolute Gasteiger partial charge is 0.497 e. The van der Waals surface area contributed by atoms with Crippen molar-refractivity contribution in [3.63, 3.8) is 0 Å². The van der Waals surface area contributed by atoms with Crippen LogP contribution < -0.4 is 5.46 Å². The Bertz CT molecular complexity index is 816. The summed E-state index contributed by atoms with van der Waals surface area (Å²) in [5, 5.41) is 1.51. The Balaban J connectivity index is 1.89. The zero-order valence-electron chi connectivity index (χ0n) is 17.4. The number of aromatic nitrogens is 2. The first kappa shape index (κ1) is 20.9. The van der Waals surface area contributed by atoms with Crippen LogP contribution in [-0.4, -0.2) is 42.6 Å². The van der Waals surface area contributed by atoms with Crippen LogP contribution in [-0.2, 0) is 20.8 Å². The fraction of sp³-hybridized carbons (Fsp3) is 0.632. The van der Waals surface area contributed by atoms with E-state index in [9.17, 15) is 0 Å². The van der Waals surface area contributed by atoms with E-state index in [4.69, 9.17) is 25.6 Å². The second kappa shape index (κ2) is 7.19. The van der Waals surface area contributed by atoms with Gasteiger partial charge in [0.1, 0.15) is 12.4 Å². The van der Waals surface area contributed by atoms with Crippen LogP contribution in [0.2, 0.25) is 30.7 Å². The van der Waals surface area contributed by atoms with Crippen LogP contribution in [0.25, 0.3) is 11.0 Å².